The molecule has 0 aromatic heterocycles. The second-order valence-electron chi connectivity index (χ2n) is 4.33. The van der Waals surface area contributed by atoms with E-state index >= 15 is 0 Å². The Morgan fingerprint density at radius 2 is 1.60 bits per heavy atom. The molecule has 0 heterocycles. The molecule has 4 nitrogen and oxygen atoms in total. The smallest absolute Gasteiger partial charge is 0.336 e. The van der Waals surface area contributed by atoms with Gasteiger partial charge in [0, 0.05) is 16.7 Å². The van der Waals surface area contributed by atoms with Crippen molar-refractivity contribution >= 4 is 35.0 Å². The number of fused-ring (bicyclic) bond motifs is 3. The summed E-state index contributed by atoms with van der Waals surface area (Å²) in [6, 6.07) is 5.28. The Morgan fingerprint density at radius 1 is 1.00 bits per heavy atom. The van der Waals surface area contributed by atoms with Crippen LogP contribution >= 0.6 is 23.2 Å². The van der Waals surface area contributed by atoms with Crippen LogP contribution in [-0.4, -0.2) is 22.0 Å². The SMILES string of the molecule is O=C(O)c1ccc(O)c2c1C(=O)c1cc(Cl)c(Cl)cc1-2. The summed E-state index contributed by atoms with van der Waals surface area (Å²) in [5.41, 5.74) is 0.610. The third kappa shape index (κ3) is 1.62. The number of phenols is 1. The van der Waals surface area contributed by atoms with Gasteiger partial charge in [0.2, 0.25) is 0 Å². The molecule has 0 aliphatic heterocycles. The predicted molar refractivity (Wildman–Crippen MR) is 74.0 cm³/mol. The molecule has 0 fully saturated rings. The molecule has 6 heteroatoms. The number of hydrogen-bond donors (Lipinski definition) is 2. The second kappa shape index (κ2) is 4.23. The monoisotopic (exact) mass is 308 g/mol. The van der Waals surface area contributed by atoms with Crippen molar-refractivity contribution in [3.8, 4) is 16.9 Å². The van der Waals surface area contributed by atoms with E-state index in [4.69, 9.17) is 28.3 Å². The molecule has 0 spiro atoms. The van der Waals surface area contributed by atoms with Gasteiger partial charge in [0.1, 0.15) is 5.75 Å². The number of halogens is 2. The van der Waals surface area contributed by atoms with Gasteiger partial charge in [0.25, 0.3) is 0 Å². The lowest BCUT2D eigenvalue weighted by Gasteiger charge is -2.06. The van der Waals surface area contributed by atoms with Gasteiger partial charge in [0.05, 0.1) is 15.6 Å². The zero-order valence-corrected chi connectivity index (χ0v) is 11.3. The van der Waals surface area contributed by atoms with E-state index in [1.54, 1.807) is 0 Å². The first-order chi connectivity index (χ1) is 9.41. The van der Waals surface area contributed by atoms with Crippen LogP contribution in [0.1, 0.15) is 26.3 Å². The summed E-state index contributed by atoms with van der Waals surface area (Å²) in [6.07, 6.45) is 0. The average molecular weight is 309 g/mol. The molecule has 100 valence electrons. The highest BCUT2D eigenvalue weighted by atomic mass is 35.5. The minimum Gasteiger partial charge on any atom is -0.507 e. The van der Waals surface area contributed by atoms with Crippen molar-refractivity contribution in [2.75, 3.05) is 0 Å². The van der Waals surface area contributed by atoms with Crippen LogP contribution in [0.4, 0.5) is 0 Å². The van der Waals surface area contributed by atoms with Crippen molar-refractivity contribution in [1.29, 1.82) is 0 Å². The standard InChI is InChI=1S/C14H6Cl2O4/c15-8-3-6-7(4-9(8)16)13(18)12-5(14(19)20)1-2-10(17)11(6)12/h1-4,17H,(H,19,20). The van der Waals surface area contributed by atoms with Gasteiger partial charge in [-0.05, 0) is 29.8 Å². The fourth-order valence-electron chi connectivity index (χ4n) is 2.35. The largest absolute Gasteiger partial charge is 0.507 e. The van der Waals surface area contributed by atoms with E-state index in [2.05, 4.69) is 0 Å². The molecule has 0 unspecified atom stereocenters. The van der Waals surface area contributed by atoms with Crippen LogP contribution in [0.2, 0.25) is 10.0 Å². The molecular weight excluding hydrogens is 303 g/mol. The Morgan fingerprint density at radius 3 is 2.20 bits per heavy atom. The first-order valence-corrected chi connectivity index (χ1v) is 6.30. The molecule has 2 aromatic rings. The first kappa shape index (κ1) is 13.0. The van der Waals surface area contributed by atoms with Gasteiger partial charge < -0.3 is 10.2 Å². The zero-order chi connectivity index (χ0) is 14.6. The van der Waals surface area contributed by atoms with Crippen LogP contribution < -0.4 is 0 Å². The zero-order valence-electron chi connectivity index (χ0n) is 9.78. The van der Waals surface area contributed by atoms with Crippen molar-refractivity contribution in [2.45, 2.75) is 0 Å². The number of hydrogen-bond acceptors (Lipinski definition) is 3. The summed E-state index contributed by atoms with van der Waals surface area (Å²) in [6.45, 7) is 0. The number of aromatic hydroxyl groups is 1. The lowest BCUT2D eigenvalue weighted by Crippen LogP contribution is -2.06. The van der Waals surface area contributed by atoms with Crippen LogP contribution in [0.15, 0.2) is 24.3 Å². The topological polar surface area (TPSA) is 74.6 Å². The van der Waals surface area contributed by atoms with Crippen LogP contribution in [0.3, 0.4) is 0 Å². The van der Waals surface area contributed by atoms with Crippen molar-refractivity contribution < 1.29 is 19.8 Å². The Hall–Kier alpha value is -2.04. The van der Waals surface area contributed by atoms with E-state index in [1.807, 2.05) is 0 Å². The molecule has 20 heavy (non-hydrogen) atoms. The van der Waals surface area contributed by atoms with E-state index in [-0.39, 0.29) is 38.0 Å². The van der Waals surface area contributed by atoms with Crippen molar-refractivity contribution in [3.63, 3.8) is 0 Å². The average Bonchev–Trinajstić information content (AvgIpc) is 2.65. The van der Waals surface area contributed by atoms with Gasteiger partial charge in [-0.3, -0.25) is 4.79 Å². The number of rotatable bonds is 1. The number of phenolic OH excluding ortho intramolecular Hbond substituents is 1. The first-order valence-electron chi connectivity index (χ1n) is 5.55. The summed E-state index contributed by atoms with van der Waals surface area (Å²) < 4.78 is 0. The Bertz CT molecular complexity index is 796. The van der Waals surface area contributed by atoms with E-state index in [0.29, 0.717) is 5.56 Å². The van der Waals surface area contributed by atoms with Crippen LogP contribution in [0.5, 0.6) is 5.75 Å². The van der Waals surface area contributed by atoms with Gasteiger partial charge in [0.15, 0.2) is 5.78 Å². The maximum atomic E-state index is 12.4. The summed E-state index contributed by atoms with van der Waals surface area (Å²) in [5.74, 6) is -1.89. The number of carboxylic acids is 1. The normalized spacial score (nSPS) is 12.2. The Kier molecular flexibility index (Phi) is 2.74. The molecule has 0 saturated heterocycles. The molecule has 1 aliphatic rings. The highest BCUT2D eigenvalue weighted by molar-refractivity contribution is 6.43. The third-order valence-electron chi connectivity index (χ3n) is 3.22. The van der Waals surface area contributed by atoms with Gasteiger partial charge >= 0.3 is 5.97 Å². The maximum Gasteiger partial charge on any atom is 0.336 e. The van der Waals surface area contributed by atoms with Crippen LogP contribution in [0.25, 0.3) is 11.1 Å². The lowest BCUT2D eigenvalue weighted by atomic mass is 10.00. The molecule has 2 N–H and O–H groups in total. The molecule has 3 rings (SSSR count). The molecule has 0 saturated carbocycles. The van der Waals surface area contributed by atoms with E-state index in [1.165, 1.54) is 24.3 Å². The van der Waals surface area contributed by atoms with E-state index in [9.17, 15) is 14.7 Å². The number of ketones is 1. The highest BCUT2D eigenvalue weighted by Gasteiger charge is 2.34. The number of carbonyl (C=O) groups excluding carboxylic acids is 1. The summed E-state index contributed by atoms with van der Waals surface area (Å²) in [4.78, 5) is 23.6. The molecule has 0 bridgehead atoms. The van der Waals surface area contributed by atoms with Crippen LogP contribution in [0, 0.1) is 0 Å². The van der Waals surface area contributed by atoms with Gasteiger partial charge in [-0.1, -0.05) is 23.2 Å². The molecular formula is C14H6Cl2O4. The third-order valence-corrected chi connectivity index (χ3v) is 3.94. The summed E-state index contributed by atoms with van der Waals surface area (Å²) in [5, 5.41) is 19.5. The van der Waals surface area contributed by atoms with Gasteiger partial charge in [-0.25, -0.2) is 4.79 Å². The van der Waals surface area contributed by atoms with Crippen molar-refractivity contribution in [2.24, 2.45) is 0 Å². The van der Waals surface area contributed by atoms with E-state index in [0.717, 1.165) is 0 Å². The van der Waals surface area contributed by atoms with Crippen molar-refractivity contribution in [3.05, 3.63) is 51.0 Å². The molecule has 2 aromatic carbocycles. The maximum absolute atomic E-state index is 12.4. The molecule has 0 amide bonds. The van der Waals surface area contributed by atoms with Crippen molar-refractivity contribution in [1.82, 2.24) is 0 Å². The number of benzene rings is 2. The predicted octanol–water partition coefficient (Wildman–Crippen LogP) is 3.61. The molecule has 0 radical (unpaired) electrons. The Labute approximate surface area is 123 Å². The van der Waals surface area contributed by atoms with Gasteiger partial charge in [-0.15, -0.1) is 0 Å². The number of carboxylic acid groups (broad SMARTS) is 1. The molecule has 1 aliphatic carbocycles. The minimum absolute atomic E-state index is 0.0363. The second-order valence-corrected chi connectivity index (χ2v) is 5.14. The van der Waals surface area contributed by atoms with Crippen LogP contribution in [-0.2, 0) is 0 Å². The highest BCUT2D eigenvalue weighted by Crippen LogP contribution is 2.46. The fraction of sp³-hybridized carbons (Fsp3) is 0. The lowest BCUT2D eigenvalue weighted by molar-refractivity contribution is 0.0693. The Balaban J connectivity index is 2.43. The number of aromatic carboxylic acids is 1. The van der Waals surface area contributed by atoms with E-state index < -0.39 is 11.8 Å². The van der Waals surface area contributed by atoms with Gasteiger partial charge in [-0.2, -0.15) is 0 Å². The summed E-state index contributed by atoms with van der Waals surface area (Å²) >= 11 is 11.8. The number of carbonyl (C=O) groups is 2. The quantitative estimate of drug-likeness (QED) is 0.720. The summed E-state index contributed by atoms with van der Waals surface area (Å²) in [7, 11) is 0. The molecule has 0 atom stereocenters. The fourth-order valence-corrected chi connectivity index (χ4v) is 2.68. The minimum atomic E-state index is -1.24.